The zero-order chi connectivity index (χ0) is 12.3. The highest BCUT2D eigenvalue weighted by molar-refractivity contribution is 5.22. The molecular weight excluding hydrogens is 229 g/mol. The Kier molecular flexibility index (Phi) is 3.85. The van der Waals surface area contributed by atoms with Crippen LogP contribution in [0.1, 0.15) is 18.0 Å². The quantitative estimate of drug-likeness (QED) is 0.799. The van der Waals surface area contributed by atoms with Crippen LogP contribution in [0.3, 0.4) is 0 Å². The first-order chi connectivity index (χ1) is 7.35. The van der Waals surface area contributed by atoms with Crippen LogP contribution in [0.2, 0.25) is 0 Å². The van der Waals surface area contributed by atoms with Gasteiger partial charge < -0.3 is 5.32 Å². The van der Waals surface area contributed by atoms with Crippen molar-refractivity contribution in [3.8, 4) is 0 Å². The van der Waals surface area contributed by atoms with E-state index >= 15 is 0 Å². The lowest BCUT2D eigenvalue weighted by Crippen LogP contribution is -2.24. The van der Waals surface area contributed by atoms with Gasteiger partial charge >= 0.3 is 6.18 Å². The smallest absolute Gasteiger partial charge is 0.313 e. The van der Waals surface area contributed by atoms with E-state index in [0.717, 1.165) is 12.1 Å². The molecule has 0 aliphatic rings. The van der Waals surface area contributed by atoms with Crippen molar-refractivity contribution in [2.45, 2.75) is 18.6 Å². The first-order valence-electron chi connectivity index (χ1n) is 4.53. The molecule has 1 unspecified atom stereocenters. The van der Waals surface area contributed by atoms with Crippen LogP contribution >= 0.6 is 0 Å². The summed E-state index contributed by atoms with van der Waals surface area (Å²) in [5.41, 5.74) is -0.320. The van der Waals surface area contributed by atoms with Gasteiger partial charge in [0.25, 0.3) is 0 Å². The van der Waals surface area contributed by atoms with E-state index in [4.69, 9.17) is 0 Å². The number of halogens is 5. The number of alkyl halides is 3. The van der Waals surface area contributed by atoms with Gasteiger partial charge in [0.15, 0.2) is 11.6 Å². The molecule has 0 aliphatic heterocycles. The Labute approximate surface area is 89.3 Å². The van der Waals surface area contributed by atoms with Crippen LogP contribution in [0.25, 0.3) is 0 Å². The fraction of sp³-hybridized carbons (Fsp3) is 0.400. The minimum atomic E-state index is -4.44. The molecule has 1 N–H and O–H groups in total. The number of rotatable bonds is 3. The van der Waals surface area contributed by atoms with Crippen molar-refractivity contribution in [3.63, 3.8) is 0 Å². The largest absolute Gasteiger partial charge is 0.390 e. The zero-order valence-electron chi connectivity index (χ0n) is 8.41. The van der Waals surface area contributed by atoms with Gasteiger partial charge in [0.1, 0.15) is 0 Å². The molecular formula is C10H10F5N. The lowest BCUT2D eigenvalue weighted by Gasteiger charge is -2.19. The summed E-state index contributed by atoms with van der Waals surface area (Å²) < 4.78 is 62.5. The number of hydrogen-bond acceptors (Lipinski definition) is 1. The highest BCUT2D eigenvalue weighted by Crippen LogP contribution is 2.30. The molecule has 0 heterocycles. The average molecular weight is 239 g/mol. The van der Waals surface area contributed by atoms with E-state index in [9.17, 15) is 22.0 Å². The third kappa shape index (κ3) is 3.16. The maximum atomic E-state index is 13.2. The maximum absolute atomic E-state index is 13.2. The molecule has 0 radical (unpaired) electrons. The second-order valence-corrected chi connectivity index (χ2v) is 3.30. The molecule has 1 aromatic rings. The van der Waals surface area contributed by atoms with Crippen LogP contribution in [-0.2, 0) is 0 Å². The van der Waals surface area contributed by atoms with Gasteiger partial charge in [-0.3, -0.25) is 0 Å². The molecule has 1 nitrogen and oxygen atoms in total. The molecule has 0 aliphatic carbocycles. The summed E-state index contributed by atoms with van der Waals surface area (Å²) in [5.74, 6) is -2.40. The van der Waals surface area contributed by atoms with E-state index in [2.05, 4.69) is 5.32 Å². The molecule has 0 fully saturated rings. The summed E-state index contributed by atoms with van der Waals surface area (Å²) in [6.07, 6.45) is -5.68. The van der Waals surface area contributed by atoms with Crippen molar-refractivity contribution in [2.24, 2.45) is 0 Å². The molecule has 1 aromatic carbocycles. The molecule has 1 atom stereocenters. The summed E-state index contributed by atoms with van der Waals surface area (Å²) in [4.78, 5) is 0. The second-order valence-electron chi connectivity index (χ2n) is 3.30. The van der Waals surface area contributed by atoms with Crippen LogP contribution in [0.4, 0.5) is 22.0 Å². The normalized spacial score (nSPS) is 13.9. The molecule has 0 amide bonds. The molecule has 0 spiro atoms. The van der Waals surface area contributed by atoms with Crippen LogP contribution in [0, 0.1) is 11.6 Å². The van der Waals surface area contributed by atoms with Gasteiger partial charge in [0, 0.05) is 11.6 Å². The minimum Gasteiger partial charge on any atom is -0.313 e. The number of benzene rings is 1. The summed E-state index contributed by atoms with van der Waals surface area (Å²) in [5, 5.41) is 2.32. The highest BCUT2D eigenvalue weighted by Gasteiger charge is 2.33. The van der Waals surface area contributed by atoms with Crippen LogP contribution in [0.5, 0.6) is 0 Å². The Hall–Kier alpha value is -1.17. The zero-order valence-corrected chi connectivity index (χ0v) is 8.41. The minimum absolute atomic E-state index is 0.320. The van der Waals surface area contributed by atoms with E-state index in [1.807, 2.05) is 0 Å². The third-order valence-electron chi connectivity index (χ3n) is 2.14. The van der Waals surface area contributed by atoms with E-state index in [-0.39, 0.29) is 5.56 Å². The lowest BCUT2D eigenvalue weighted by molar-refractivity contribution is -0.140. The fourth-order valence-corrected chi connectivity index (χ4v) is 1.39. The Morgan fingerprint density at radius 1 is 1.25 bits per heavy atom. The van der Waals surface area contributed by atoms with Crippen molar-refractivity contribution >= 4 is 0 Å². The summed E-state index contributed by atoms with van der Waals surface area (Å²) in [7, 11) is 1.26. The predicted molar refractivity (Wildman–Crippen MR) is 48.8 cm³/mol. The molecule has 0 saturated heterocycles. The summed E-state index contributed by atoms with van der Waals surface area (Å²) >= 11 is 0. The first-order valence-corrected chi connectivity index (χ1v) is 4.53. The van der Waals surface area contributed by atoms with Crippen molar-refractivity contribution in [2.75, 3.05) is 7.05 Å². The standard InChI is InChI=1S/C10H10F5N/c1-16-8(5-10(13,14)15)6-3-2-4-7(11)9(6)12/h2-4,8,16H,5H2,1H3. The predicted octanol–water partition coefficient (Wildman–Crippen LogP) is 3.18. The molecule has 0 saturated carbocycles. The van der Waals surface area contributed by atoms with Crippen LogP contribution < -0.4 is 5.32 Å². The number of nitrogens with one attached hydrogen (secondary N) is 1. The second kappa shape index (κ2) is 4.78. The Balaban J connectivity index is 3.00. The topological polar surface area (TPSA) is 12.0 Å². The molecule has 0 bridgehead atoms. The van der Waals surface area contributed by atoms with Crippen molar-refractivity contribution in [1.82, 2.24) is 5.32 Å². The van der Waals surface area contributed by atoms with Gasteiger partial charge in [-0.2, -0.15) is 13.2 Å². The highest BCUT2D eigenvalue weighted by atomic mass is 19.4. The van der Waals surface area contributed by atoms with Gasteiger partial charge in [0.05, 0.1) is 6.42 Å². The lowest BCUT2D eigenvalue weighted by atomic mass is 10.0. The van der Waals surface area contributed by atoms with E-state index in [1.165, 1.54) is 13.1 Å². The molecule has 16 heavy (non-hydrogen) atoms. The van der Waals surface area contributed by atoms with Crippen LogP contribution in [-0.4, -0.2) is 13.2 Å². The molecule has 1 rings (SSSR count). The number of hydrogen-bond donors (Lipinski definition) is 1. The first kappa shape index (κ1) is 12.9. The Bertz CT molecular complexity index is 361. The van der Waals surface area contributed by atoms with Crippen molar-refractivity contribution in [1.29, 1.82) is 0 Å². The fourth-order valence-electron chi connectivity index (χ4n) is 1.39. The maximum Gasteiger partial charge on any atom is 0.390 e. The van der Waals surface area contributed by atoms with Gasteiger partial charge in [0.2, 0.25) is 0 Å². The molecule has 6 heteroatoms. The van der Waals surface area contributed by atoms with Gasteiger partial charge in [-0.15, -0.1) is 0 Å². The van der Waals surface area contributed by atoms with Gasteiger partial charge in [-0.1, -0.05) is 12.1 Å². The molecule has 90 valence electrons. The SMILES string of the molecule is CNC(CC(F)(F)F)c1cccc(F)c1F. The van der Waals surface area contributed by atoms with Gasteiger partial charge in [-0.25, -0.2) is 8.78 Å². The Morgan fingerprint density at radius 2 is 1.88 bits per heavy atom. The Morgan fingerprint density at radius 3 is 2.38 bits per heavy atom. The van der Waals surface area contributed by atoms with Crippen molar-refractivity contribution < 1.29 is 22.0 Å². The average Bonchev–Trinajstić information content (AvgIpc) is 2.18. The monoisotopic (exact) mass is 239 g/mol. The van der Waals surface area contributed by atoms with Crippen LogP contribution in [0.15, 0.2) is 18.2 Å². The summed E-state index contributed by atoms with van der Waals surface area (Å²) in [6, 6.07) is 1.88. The van der Waals surface area contributed by atoms with E-state index in [1.54, 1.807) is 0 Å². The molecule has 0 aromatic heterocycles. The third-order valence-corrected chi connectivity index (χ3v) is 2.14. The van der Waals surface area contributed by atoms with Gasteiger partial charge in [-0.05, 0) is 13.1 Å². The summed E-state index contributed by atoms with van der Waals surface area (Å²) in [6.45, 7) is 0. The van der Waals surface area contributed by atoms with E-state index in [0.29, 0.717) is 0 Å². The van der Waals surface area contributed by atoms with Crippen molar-refractivity contribution in [3.05, 3.63) is 35.4 Å². The van der Waals surface area contributed by atoms with E-state index < -0.39 is 30.3 Å².